The number of benzene rings is 1. The molecule has 0 saturated heterocycles. The maximum Gasteiger partial charge on any atom is 0.358 e. The predicted molar refractivity (Wildman–Crippen MR) is 111 cm³/mol. The molecule has 1 aromatic heterocycles. The van der Waals surface area contributed by atoms with E-state index < -0.39 is 5.97 Å². The molecule has 2 fully saturated rings. The number of carbonyl (C=O) groups excluding carboxylic acids is 1. The lowest BCUT2D eigenvalue weighted by molar-refractivity contribution is 0.0593. The van der Waals surface area contributed by atoms with E-state index in [9.17, 15) is 4.79 Å². The molecule has 0 unspecified atom stereocenters. The van der Waals surface area contributed by atoms with Crippen LogP contribution in [0, 0.1) is 0 Å². The van der Waals surface area contributed by atoms with Crippen molar-refractivity contribution in [2.75, 3.05) is 12.4 Å². The van der Waals surface area contributed by atoms with Crippen molar-refractivity contribution >= 4 is 52.7 Å². The van der Waals surface area contributed by atoms with Crippen LogP contribution in [0.2, 0.25) is 15.1 Å². The van der Waals surface area contributed by atoms with Gasteiger partial charge in [-0.15, -0.1) is 0 Å². The van der Waals surface area contributed by atoms with E-state index in [-0.39, 0.29) is 22.2 Å². The summed E-state index contributed by atoms with van der Waals surface area (Å²) in [5.74, 6) is 0.807. The molecule has 5 nitrogen and oxygen atoms in total. The van der Waals surface area contributed by atoms with Crippen LogP contribution in [0.1, 0.15) is 53.5 Å². The molecular formula is C20H18Cl3N3O2. The van der Waals surface area contributed by atoms with Gasteiger partial charge in [-0.2, -0.15) is 0 Å². The number of hydrogen-bond acceptors (Lipinski definition) is 5. The highest BCUT2D eigenvalue weighted by atomic mass is 35.5. The first-order valence-electron chi connectivity index (χ1n) is 8.99. The first kappa shape index (κ1) is 19.5. The van der Waals surface area contributed by atoms with E-state index in [1.165, 1.54) is 7.11 Å². The molecule has 2 aliphatic carbocycles. The van der Waals surface area contributed by atoms with Gasteiger partial charge in [0.2, 0.25) is 0 Å². The standard InChI is InChI=1S/C20H18Cl3N3O2/c1-28-19(27)16-15(23)18(25-17(24-16)12-2-3-12)26-20(8-9-20)7-6-11-4-5-13(21)10-14(11)22/h4-7,10,12H,2-3,8-9H2,1H3,(H,24,25,26)/b7-6+. The van der Waals surface area contributed by atoms with Gasteiger partial charge in [0, 0.05) is 16.0 Å². The van der Waals surface area contributed by atoms with Crippen LogP contribution in [0.25, 0.3) is 6.08 Å². The van der Waals surface area contributed by atoms with Gasteiger partial charge in [0.15, 0.2) is 5.69 Å². The molecular weight excluding hydrogens is 421 g/mol. The topological polar surface area (TPSA) is 64.1 Å². The SMILES string of the molecule is COC(=O)c1nc(C2CC2)nc(NC2(/C=C/c3ccc(Cl)cc3Cl)CC2)c1Cl. The average molecular weight is 439 g/mol. The number of hydrogen-bond donors (Lipinski definition) is 1. The van der Waals surface area contributed by atoms with E-state index in [0.717, 1.165) is 31.2 Å². The van der Waals surface area contributed by atoms with Crippen molar-refractivity contribution in [1.29, 1.82) is 0 Å². The van der Waals surface area contributed by atoms with Crippen LogP contribution >= 0.6 is 34.8 Å². The number of aromatic nitrogens is 2. The number of methoxy groups -OCH3 is 1. The second-order valence-electron chi connectivity index (χ2n) is 7.14. The summed E-state index contributed by atoms with van der Waals surface area (Å²) in [5, 5.41) is 4.76. The molecule has 2 aromatic rings. The second-order valence-corrected chi connectivity index (χ2v) is 8.36. The van der Waals surface area contributed by atoms with Crippen molar-refractivity contribution < 1.29 is 9.53 Å². The lowest BCUT2D eigenvalue weighted by Crippen LogP contribution is -2.21. The van der Waals surface area contributed by atoms with Crippen molar-refractivity contribution in [2.24, 2.45) is 0 Å². The van der Waals surface area contributed by atoms with Crippen molar-refractivity contribution in [3.05, 3.63) is 56.4 Å². The molecule has 146 valence electrons. The molecule has 0 atom stereocenters. The third-order valence-corrected chi connectivity index (χ3v) is 5.81. The maximum absolute atomic E-state index is 12.1. The Bertz CT molecular complexity index is 969. The highest BCUT2D eigenvalue weighted by Crippen LogP contribution is 2.44. The van der Waals surface area contributed by atoms with Crippen LogP contribution < -0.4 is 5.32 Å². The molecule has 0 amide bonds. The first-order valence-corrected chi connectivity index (χ1v) is 10.1. The summed E-state index contributed by atoms with van der Waals surface area (Å²) in [6.45, 7) is 0. The number of esters is 1. The number of carbonyl (C=O) groups is 1. The average Bonchev–Trinajstić information content (AvgIpc) is 3.58. The van der Waals surface area contributed by atoms with Gasteiger partial charge in [0.25, 0.3) is 0 Å². The number of rotatable bonds is 6. The van der Waals surface area contributed by atoms with E-state index >= 15 is 0 Å². The summed E-state index contributed by atoms with van der Waals surface area (Å²) in [6, 6.07) is 5.38. The number of nitrogens with zero attached hydrogens (tertiary/aromatic N) is 2. The van der Waals surface area contributed by atoms with E-state index in [1.807, 2.05) is 12.1 Å². The third kappa shape index (κ3) is 4.12. The van der Waals surface area contributed by atoms with Gasteiger partial charge in [-0.25, -0.2) is 14.8 Å². The Morgan fingerprint density at radius 3 is 2.61 bits per heavy atom. The van der Waals surface area contributed by atoms with Gasteiger partial charge in [0.1, 0.15) is 16.7 Å². The zero-order valence-electron chi connectivity index (χ0n) is 15.1. The van der Waals surface area contributed by atoms with Crippen molar-refractivity contribution in [2.45, 2.75) is 37.1 Å². The van der Waals surface area contributed by atoms with Crippen LogP contribution in [0.4, 0.5) is 5.82 Å². The lowest BCUT2D eigenvalue weighted by atomic mass is 10.1. The molecule has 4 rings (SSSR count). The van der Waals surface area contributed by atoms with Gasteiger partial charge < -0.3 is 10.1 Å². The molecule has 1 heterocycles. The molecule has 0 aliphatic heterocycles. The quantitative estimate of drug-likeness (QED) is 0.581. The van der Waals surface area contributed by atoms with Gasteiger partial charge in [0.05, 0.1) is 12.6 Å². The number of nitrogens with one attached hydrogen (secondary N) is 1. The van der Waals surface area contributed by atoms with E-state index in [0.29, 0.717) is 21.7 Å². The Labute approximate surface area is 178 Å². The Hall–Kier alpha value is -1.82. The molecule has 0 radical (unpaired) electrons. The van der Waals surface area contributed by atoms with E-state index in [4.69, 9.17) is 39.5 Å². The zero-order valence-corrected chi connectivity index (χ0v) is 17.4. The highest BCUT2D eigenvalue weighted by molar-refractivity contribution is 6.36. The minimum Gasteiger partial charge on any atom is -0.464 e. The minimum atomic E-state index is -0.564. The third-order valence-electron chi connectivity index (χ3n) is 4.89. The smallest absolute Gasteiger partial charge is 0.358 e. The van der Waals surface area contributed by atoms with Crippen LogP contribution in [0.5, 0.6) is 0 Å². The van der Waals surface area contributed by atoms with E-state index in [1.54, 1.807) is 12.1 Å². The van der Waals surface area contributed by atoms with Crippen molar-refractivity contribution in [3.63, 3.8) is 0 Å². The molecule has 0 bridgehead atoms. The maximum atomic E-state index is 12.1. The molecule has 1 N–H and O–H groups in total. The van der Waals surface area contributed by atoms with Crippen molar-refractivity contribution in [1.82, 2.24) is 9.97 Å². The molecule has 2 saturated carbocycles. The number of halogens is 3. The number of ether oxygens (including phenoxy) is 1. The summed E-state index contributed by atoms with van der Waals surface area (Å²) in [6.07, 6.45) is 7.87. The van der Waals surface area contributed by atoms with E-state index in [2.05, 4.69) is 21.4 Å². The summed E-state index contributed by atoms with van der Waals surface area (Å²) in [7, 11) is 1.31. The predicted octanol–water partition coefficient (Wildman–Crippen LogP) is 5.76. The molecule has 8 heteroatoms. The largest absolute Gasteiger partial charge is 0.464 e. The van der Waals surface area contributed by atoms with Gasteiger partial charge in [-0.1, -0.05) is 53.0 Å². The van der Waals surface area contributed by atoms with Gasteiger partial charge in [-0.3, -0.25) is 0 Å². The Morgan fingerprint density at radius 1 is 1.25 bits per heavy atom. The Morgan fingerprint density at radius 2 is 2.00 bits per heavy atom. The van der Waals surface area contributed by atoms with Crippen LogP contribution in [0.3, 0.4) is 0 Å². The fraction of sp³-hybridized carbons (Fsp3) is 0.350. The minimum absolute atomic E-state index is 0.101. The fourth-order valence-corrected chi connectivity index (χ4v) is 3.57. The van der Waals surface area contributed by atoms with Gasteiger partial charge in [-0.05, 0) is 43.4 Å². The zero-order chi connectivity index (χ0) is 19.9. The summed E-state index contributed by atoms with van der Waals surface area (Å²) in [5.41, 5.74) is 0.695. The highest BCUT2D eigenvalue weighted by Gasteiger charge is 2.42. The second kappa shape index (κ2) is 7.54. The Kier molecular flexibility index (Phi) is 5.25. The fourth-order valence-electron chi connectivity index (χ4n) is 2.89. The number of anilines is 1. The molecule has 1 aromatic carbocycles. The van der Waals surface area contributed by atoms with Crippen LogP contribution in [0.15, 0.2) is 24.3 Å². The summed E-state index contributed by atoms with van der Waals surface area (Å²) in [4.78, 5) is 21.0. The first-order chi connectivity index (χ1) is 13.4. The Balaban J connectivity index is 1.61. The normalized spacial score (nSPS) is 17.6. The lowest BCUT2D eigenvalue weighted by Gasteiger charge is -2.17. The molecule has 28 heavy (non-hydrogen) atoms. The van der Waals surface area contributed by atoms with Crippen LogP contribution in [-0.2, 0) is 4.74 Å². The van der Waals surface area contributed by atoms with Crippen molar-refractivity contribution in [3.8, 4) is 0 Å². The van der Waals surface area contributed by atoms with Gasteiger partial charge >= 0.3 is 5.97 Å². The molecule has 2 aliphatic rings. The summed E-state index contributed by atoms with van der Waals surface area (Å²) < 4.78 is 4.82. The monoisotopic (exact) mass is 437 g/mol. The van der Waals surface area contributed by atoms with Crippen LogP contribution in [-0.4, -0.2) is 28.6 Å². The summed E-state index contributed by atoms with van der Waals surface area (Å²) >= 11 is 18.6. The molecule has 0 spiro atoms.